The molecule has 0 fully saturated rings. The van der Waals surface area contributed by atoms with Gasteiger partial charge in [-0.3, -0.25) is 9.48 Å². The third kappa shape index (κ3) is 4.81. The van der Waals surface area contributed by atoms with E-state index < -0.39 is 12.9 Å². The summed E-state index contributed by atoms with van der Waals surface area (Å²) in [6.45, 7) is 1.97. The van der Waals surface area contributed by atoms with E-state index >= 15 is 0 Å². The lowest BCUT2D eigenvalue weighted by Gasteiger charge is -2.19. The Labute approximate surface area is 218 Å². The predicted molar refractivity (Wildman–Crippen MR) is 139 cm³/mol. The summed E-state index contributed by atoms with van der Waals surface area (Å²) in [6.07, 6.45) is 1.58. The first-order chi connectivity index (χ1) is 19.0. The van der Waals surface area contributed by atoms with Crippen LogP contribution < -0.4 is 20.7 Å². The molecular formula is C26H28N8O3. The SMILES string of the molecule is [2H]C([2H])([2H])NC(=O)c1nnc2cc1Nc1cc(cc(-c3ncn(C)n3)c1OC)COCc1cc(cc(C)c1C)N2. The first-order valence-corrected chi connectivity index (χ1v) is 11.5. The van der Waals surface area contributed by atoms with E-state index in [2.05, 4.69) is 30.9 Å². The molecule has 0 atom stereocenters. The summed E-state index contributed by atoms with van der Waals surface area (Å²) >= 11 is 0. The number of aryl methyl sites for hydroxylation is 2. The van der Waals surface area contributed by atoms with Crippen molar-refractivity contribution in [1.82, 2.24) is 30.3 Å². The van der Waals surface area contributed by atoms with Gasteiger partial charge in [0.25, 0.3) is 5.91 Å². The maximum Gasteiger partial charge on any atom is 0.273 e. The summed E-state index contributed by atoms with van der Waals surface area (Å²) in [6, 6.07) is 9.25. The largest absolute Gasteiger partial charge is 0.494 e. The van der Waals surface area contributed by atoms with Gasteiger partial charge >= 0.3 is 0 Å². The molecular weight excluding hydrogens is 472 g/mol. The summed E-state index contributed by atoms with van der Waals surface area (Å²) < 4.78 is 35.9. The molecule has 37 heavy (non-hydrogen) atoms. The Hall–Kier alpha value is -4.51. The second-order valence-corrected chi connectivity index (χ2v) is 8.73. The number of benzene rings is 2. The van der Waals surface area contributed by atoms with Gasteiger partial charge < -0.3 is 25.4 Å². The molecule has 11 nitrogen and oxygen atoms in total. The van der Waals surface area contributed by atoms with Crippen LogP contribution in [-0.4, -0.2) is 45.0 Å². The first-order valence-electron chi connectivity index (χ1n) is 13.0. The number of hydrogen-bond acceptors (Lipinski definition) is 9. The number of amides is 1. The van der Waals surface area contributed by atoms with Gasteiger partial charge in [-0.15, -0.1) is 10.2 Å². The van der Waals surface area contributed by atoms with Crippen LogP contribution in [0.25, 0.3) is 11.4 Å². The van der Waals surface area contributed by atoms with Crippen molar-refractivity contribution in [2.75, 3.05) is 24.7 Å². The number of ether oxygens (including phenoxy) is 2. The average Bonchev–Trinajstić information content (AvgIpc) is 3.31. The second-order valence-electron chi connectivity index (χ2n) is 8.73. The van der Waals surface area contributed by atoms with E-state index in [-0.39, 0.29) is 18.0 Å². The van der Waals surface area contributed by atoms with Crippen LogP contribution in [0.5, 0.6) is 5.75 Å². The molecule has 0 radical (unpaired) electrons. The van der Waals surface area contributed by atoms with E-state index in [9.17, 15) is 4.79 Å². The lowest BCUT2D eigenvalue weighted by Crippen LogP contribution is -2.21. The van der Waals surface area contributed by atoms with Crippen molar-refractivity contribution in [2.24, 2.45) is 7.05 Å². The number of nitrogens with zero attached hydrogens (tertiary/aromatic N) is 5. The quantitative estimate of drug-likeness (QED) is 0.383. The van der Waals surface area contributed by atoms with Crippen LogP contribution in [0.4, 0.5) is 22.9 Å². The Morgan fingerprint density at radius 2 is 2.00 bits per heavy atom. The van der Waals surface area contributed by atoms with E-state index in [1.165, 1.54) is 7.11 Å². The number of carbonyl (C=O) groups excluding carboxylic acids is 1. The van der Waals surface area contributed by atoms with Gasteiger partial charge in [-0.1, -0.05) is 0 Å². The molecule has 0 spiro atoms. The molecule has 0 saturated carbocycles. The number of aromatic nitrogens is 5. The normalized spacial score (nSPS) is 14.2. The van der Waals surface area contributed by atoms with E-state index in [1.807, 2.05) is 43.4 Å². The standard InChI is InChI=1S/C26H28N8O3/c1-14-6-18-9-17(15(14)2)12-37-11-16-7-19(25-28-13-34(4)33-25)24(36-5)21(8-16)30-20-10-22(29-18)31-32-23(20)26(35)27-3/h6-10,13,30H,11-12H2,1-5H3,(H,27,35)(H,29,31)/i3D3. The number of carbonyl (C=O) groups is 1. The van der Waals surface area contributed by atoms with Crippen LogP contribution in [0.2, 0.25) is 0 Å². The van der Waals surface area contributed by atoms with Gasteiger partial charge in [0.05, 0.1) is 37.3 Å². The van der Waals surface area contributed by atoms with Crippen LogP contribution >= 0.6 is 0 Å². The molecule has 4 aromatic rings. The predicted octanol–water partition coefficient (Wildman–Crippen LogP) is 3.77. The van der Waals surface area contributed by atoms with Crippen molar-refractivity contribution in [3.8, 4) is 17.1 Å². The molecule has 1 aliphatic heterocycles. The van der Waals surface area contributed by atoms with Crippen molar-refractivity contribution < 1.29 is 18.4 Å². The second kappa shape index (κ2) is 9.86. The minimum Gasteiger partial charge on any atom is -0.494 e. The van der Waals surface area contributed by atoms with Gasteiger partial charge in [0, 0.05) is 29.9 Å². The smallest absolute Gasteiger partial charge is 0.273 e. The maximum absolute atomic E-state index is 12.9. The highest BCUT2D eigenvalue weighted by Gasteiger charge is 2.21. The van der Waals surface area contributed by atoms with Crippen molar-refractivity contribution in [3.63, 3.8) is 0 Å². The topological polar surface area (TPSA) is 128 Å². The highest BCUT2D eigenvalue weighted by Crippen LogP contribution is 2.39. The molecule has 0 aliphatic carbocycles. The zero-order valence-electron chi connectivity index (χ0n) is 23.8. The fourth-order valence-electron chi connectivity index (χ4n) is 4.21. The lowest BCUT2D eigenvalue weighted by molar-refractivity contribution is 0.0958. The Morgan fingerprint density at radius 1 is 1.14 bits per heavy atom. The van der Waals surface area contributed by atoms with Gasteiger partial charge in [0.15, 0.2) is 23.1 Å². The molecule has 0 saturated heterocycles. The molecule has 0 unspecified atom stereocenters. The molecule has 2 aromatic carbocycles. The van der Waals surface area contributed by atoms with Crippen LogP contribution in [0.15, 0.2) is 36.7 Å². The molecule has 5 rings (SSSR count). The zero-order valence-corrected chi connectivity index (χ0v) is 20.8. The van der Waals surface area contributed by atoms with Gasteiger partial charge in [-0.2, -0.15) is 5.10 Å². The lowest BCUT2D eigenvalue weighted by atomic mass is 10.0. The van der Waals surface area contributed by atoms with Gasteiger partial charge in [-0.25, -0.2) is 4.98 Å². The number of hydrogen-bond donors (Lipinski definition) is 3. The monoisotopic (exact) mass is 503 g/mol. The summed E-state index contributed by atoms with van der Waals surface area (Å²) in [4.78, 5) is 17.3. The number of nitrogens with one attached hydrogen (secondary N) is 3. The van der Waals surface area contributed by atoms with Crippen molar-refractivity contribution in [2.45, 2.75) is 27.1 Å². The summed E-state index contributed by atoms with van der Waals surface area (Å²) in [5, 5.41) is 21.1. The van der Waals surface area contributed by atoms with Crippen LogP contribution in [0, 0.1) is 13.8 Å². The third-order valence-corrected chi connectivity index (χ3v) is 6.16. The van der Waals surface area contributed by atoms with Crippen molar-refractivity contribution in [1.29, 1.82) is 0 Å². The van der Waals surface area contributed by atoms with E-state index in [0.29, 0.717) is 35.2 Å². The average molecular weight is 504 g/mol. The van der Waals surface area contributed by atoms with E-state index in [0.717, 1.165) is 27.9 Å². The minimum atomic E-state index is -2.72. The number of anilines is 4. The fraction of sp³-hybridized carbons (Fsp3) is 0.269. The van der Waals surface area contributed by atoms with Gasteiger partial charge in [0.2, 0.25) is 0 Å². The van der Waals surface area contributed by atoms with Gasteiger partial charge in [-0.05, 0) is 60.4 Å². The summed E-state index contributed by atoms with van der Waals surface area (Å²) in [7, 11) is 3.28. The molecule has 1 amide bonds. The summed E-state index contributed by atoms with van der Waals surface area (Å²) in [5.41, 5.74) is 5.78. The molecule has 190 valence electrons. The van der Waals surface area contributed by atoms with Crippen molar-refractivity contribution in [3.05, 3.63) is 64.6 Å². The molecule has 2 aromatic heterocycles. The Morgan fingerprint density at radius 3 is 2.76 bits per heavy atom. The Bertz CT molecular complexity index is 1600. The molecule has 1 aliphatic rings. The summed E-state index contributed by atoms with van der Waals surface area (Å²) in [5.74, 6) is 0.260. The molecule has 3 heterocycles. The molecule has 11 heteroatoms. The maximum atomic E-state index is 12.9. The molecule has 6 bridgehead atoms. The fourth-order valence-corrected chi connectivity index (χ4v) is 4.21. The highest BCUT2D eigenvalue weighted by molar-refractivity contribution is 5.99. The highest BCUT2D eigenvalue weighted by atomic mass is 16.5. The number of fused-ring (bicyclic) bond motifs is 6. The third-order valence-electron chi connectivity index (χ3n) is 6.16. The Kier molecular flexibility index (Phi) is 5.51. The van der Waals surface area contributed by atoms with E-state index in [1.54, 1.807) is 24.1 Å². The zero-order chi connectivity index (χ0) is 28.6. The minimum absolute atomic E-state index is 0.205. The van der Waals surface area contributed by atoms with Gasteiger partial charge in [0.1, 0.15) is 6.33 Å². The number of rotatable bonds is 3. The molecule has 3 N–H and O–H groups in total. The van der Waals surface area contributed by atoms with Crippen LogP contribution in [0.3, 0.4) is 0 Å². The van der Waals surface area contributed by atoms with Crippen LogP contribution in [0.1, 0.15) is 36.9 Å². The first kappa shape index (κ1) is 20.7. The van der Waals surface area contributed by atoms with Crippen molar-refractivity contribution >= 4 is 28.8 Å². The Balaban J connectivity index is 1.70. The number of methoxy groups -OCH3 is 1. The van der Waals surface area contributed by atoms with Crippen LogP contribution in [-0.2, 0) is 25.0 Å². The van der Waals surface area contributed by atoms with E-state index in [4.69, 9.17) is 13.6 Å².